The lowest BCUT2D eigenvalue weighted by atomic mass is 10.0. The number of hydrogen-bond donors (Lipinski definition) is 1. The molecule has 4 heteroatoms. The summed E-state index contributed by atoms with van der Waals surface area (Å²) in [6.07, 6.45) is 2.58. The summed E-state index contributed by atoms with van der Waals surface area (Å²) in [5.41, 5.74) is 1.52. The summed E-state index contributed by atoms with van der Waals surface area (Å²) in [5.74, 6) is 0.624. The van der Waals surface area contributed by atoms with Crippen LogP contribution in [-0.4, -0.2) is 38.2 Å². The molecule has 1 fully saturated rings. The van der Waals surface area contributed by atoms with Gasteiger partial charge in [-0.2, -0.15) is 0 Å². The number of ether oxygens (including phenoxy) is 1. The quantitative estimate of drug-likeness (QED) is 0.867. The Balaban J connectivity index is 2.02. The standard InChI is InChI=1S/C16H25FN2O/c1-12-10-16(14(11-15(12)17)13(2)18-3)20-9-8-19-6-4-5-7-19/h10-11,13,18H,4-9H2,1-3H3. The molecule has 1 unspecified atom stereocenters. The molecule has 2 rings (SSSR count). The minimum atomic E-state index is -0.172. The second kappa shape index (κ2) is 7.04. The third-order valence-corrected chi connectivity index (χ3v) is 4.05. The Bertz CT molecular complexity index is 444. The van der Waals surface area contributed by atoms with Gasteiger partial charge in [-0.1, -0.05) is 0 Å². The third kappa shape index (κ3) is 3.70. The molecule has 1 aromatic carbocycles. The molecule has 1 N–H and O–H groups in total. The van der Waals surface area contributed by atoms with E-state index in [0.29, 0.717) is 12.2 Å². The first kappa shape index (κ1) is 15.3. The number of likely N-dealkylation sites (tertiary alicyclic amines) is 1. The largest absolute Gasteiger partial charge is 0.492 e. The van der Waals surface area contributed by atoms with E-state index in [-0.39, 0.29) is 11.9 Å². The third-order valence-electron chi connectivity index (χ3n) is 4.05. The zero-order valence-corrected chi connectivity index (χ0v) is 12.7. The molecule has 20 heavy (non-hydrogen) atoms. The molecule has 1 atom stereocenters. The summed E-state index contributed by atoms with van der Waals surface area (Å²) in [5, 5.41) is 3.14. The van der Waals surface area contributed by atoms with Crippen molar-refractivity contribution in [2.24, 2.45) is 0 Å². The molecule has 0 aromatic heterocycles. The van der Waals surface area contributed by atoms with Crippen molar-refractivity contribution >= 4 is 0 Å². The Morgan fingerprint density at radius 2 is 2.05 bits per heavy atom. The van der Waals surface area contributed by atoms with Gasteiger partial charge in [0.2, 0.25) is 0 Å². The second-order valence-corrected chi connectivity index (χ2v) is 5.55. The minimum Gasteiger partial charge on any atom is -0.492 e. The van der Waals surface area contributed by atoms with Crippen LogP contribution in [0.25, 0.3) is 0 Å². The second-order valence-electron chi connectivity index (χ2n) is 5.55. The molecule has 0 amide bonds. The lowest BCUT2D eigenvalue weighted by molar-refractivity contribution is 0.235. The van der Waals surface area contributed by atoms with Gasteiger partial charge >= 0.3 is 0 Å². The fourth-order valence-electron chi connectivity index (χ4n) is 2.58. The Hall–Kier alpha value is -1.13. The molecule has 1 saturated heterocycles. The number of aryl methyl sites for hydroxylation is 1. The fraction of sp³-hybridized carbons (Fsp3) is 0.625. The van der Waals surface area contributed by atoms with E-state index >= 15 is 0 Å². The number of nitrogens with one attached hydrogen (secondary N) is 1. The smallest absolute Gasteiger partial charge is 0.126 e. The summed E-state index contributed by atoms with van der Waals surface area (Å²) in [4.78, 5) is 2.41. The van der Waals surface area contributed by atoms with Gasteiger partial charge in [0.05, 0.1) is 0 Å². The molecule has 0 aliphatic carbocycles. The lowest BCUT2D eigenvalue weighted by Crippen LogP contribution is -2.25. The summed E-state index contributed by atoms with van der Waals surface area (Å²) in [6.45, 7) is 7.74. The van der Waals surface area contributed by atoms with Crippen molar-refractivity contribution in [1.82, 2.24) is 10.2 Å². The average Bonchev–Trinajstić information content (AvgIpc) is 2.94. The summed E-state index contributed by atoms with van der Waals surface area (Å²) >= 11 is 0. The molecule has 1 aromatic rings. The van der Waals surface area contributed by atoms with Crippen molar-refractivity contribution in [3.8, 4) is 5.75 Å². The SMILES string of the molecule is CNC(C)c1cc(F)c(C)cc1OCCN1CCCC1. The first-order valence-corrected chi connectivity index (χ1v) is 7.44. The van der Waals surface area contributed by atoms with E-state index in [0.717, 1.165) is 17.9 Å². The van der Waals surface area contributed by atoms with E-state index in [9.17, 15) is 4.39 Å². The molecule has 3 nitrogen and oxygen atoms in total. The molecule has 0 radical (unpaired) electrons. The topological polar surface area (TPSA) is 24.5 Å². The van der Waals surface area contributed by atoms with Gasteiger partial charge in [0.25, 0.3) is 0 Å². The molecule has 1 aliphatic heterocycles. The predicted octanol–water partition coefficient (Wildman–Crippen LogP) is 2.89. The van der Waals surface area contributed by atoms with Crippen LogP contribution in [0.5, 0.6) is 5.75 Å². The van der Waals surface area contributed by atoms with Gasteiger partial charge in [-0.3, -0.25) is 4.90 Å². The number of hydrogen-bond acceptors (Lipinski definition) is 3. The van der Waals surface area contributed by atoms with Crippen LogP contribution in [0.4, 0.5) is 4.39 Å². The van der Waals surface area contributed by atoms with Crippen LogP contribution in [-0.2, 0) is 0 Å². The van der Waals surface area contributed by atoms with Gasteiger partial charge < -0.3 is 10.1 Å². The van der Waals surface area contributed by atoms with Crippen molar-refractivity contribution in [3.63, 3.8) is 0 Å². The first-order chi connectivity index (χ1) is 9.61. The van der Waals surface area contributed by atoms with Gasteiger partial charge in [-0.15, -0.1) is 0 Å². The maximum atomic E-state index is 13.7. The Morgan fingerprint density at radius 1 is 1.35 bits per heavy atom. The van der Waals surface area contributed by atoms with Crippen LogP contribution in [0.3, 0.4) is 0 Å². The van der Waals surface area contributed by atoms with Crippen molar-refractivity contribution in [3.05, 3.63) is 29.1 Å². The van der Waals surface area contributed by atoms with Crippen LogP contribution in [0, 0.1) is 12.7 Å². The number of halogens is 1. The summed E-state index contributed by atoms with van der Waals surface area (Å²) < 4.78 is 19.6. The molecular weight excluding hydrogens is 255 g/mol. The molecule has 0 spiro atoms. The van der Waals surface area contributed by atoms with Crippen molar-refractivity contribution < 1.29 is 9.13 Å². The van der Waals surface area contributed by atoms with Gasteiger partial charge in [0.15, 0.2) is 0 Å². The maximum absolute atomic E-state index is 13.7. The minimum absolute atomic E-state index is 0.0758. The highest BCUT2D eigenvalue weighted by atomic mass is 19.1. The first-order valence-electron chi connectivity index (χ1n) is 7.44. The molecule has 0 bridgehead atoms. The highest BCUT2D eigenvalue weighted by Gasteiger charge is 2.15. The van der Waals surface area contributed by atoms with Crippen LogP contribution in [0.15, 0.2) is 12.1 Å². The fourth-order valence-corrected chi connectivity index (χ4v) is 2.58. The predicted molar refractivity (Wildman–Crippen MR) is 79.8 cm³/mol. The zero-order valence-electron chi connectivity index (χ0n) is 12.7. The van der Waals surface area contributed by atoms with Crippen molar-refractivity contribution in [2.75, 3.05) is 33.3 Å². The van der Waals surface area contributed by atoms with Gasteiger partial charge in [0.1, 0.15) is 18.2 Å². The molecule has 1 heterocycles. The Kier molecular flexibility index (Phi) is 5.38. The zero-order chi connectivity index (χ0) is 14.5. The normalized spacial score (nSPS) is 17.4. The van der Waals surface area contributed by atoms with Crippen LogP contribution >= 0.6 is 0 Å². The van der Waals surface area contributed by atoms with E-state index in [1.54, 1.807) is 13.0 Å². The summed E-state index contributed by atoms with van der Waals surface area (Å²) in [6, 6.07) is 3.47. The number of rotatable bonds is 6. The van der Waals surface area contributed by atoms with Crippen LogP contribution in [0.2, 0.25) is 0 Å². The molecular formula is C16H25FN2O. The van der Waals surface area contributed by atoms with E-state index < -0.39 is 0 Å². The van der Waals surface area contributed by atoms with E-state index in [4.69, 9.17) is 4.74 Å². The van der Waals surface area contributed by atoms with Gasteiger partial charge in [0, 0.05) is 18.2 Å². The van der Waals surface area contributed by atoms with E-state index in [1.165, 1.54) is 25.9 Å². The van der Waals surface area contributed by atoms with Crippen molar-refractivity contribution in [1.29, 1.82) is 0 Å². The van der Waals surface area contributed by atoms with Crippen LogP contribution in [0.1, 0.15) is 36.9 Å². The van der Waals surface area contributed by atoms with Gasteiger partial charge in [-0.05, 0) is 64.5 Å². The Labute approximate surface area is 121 Å². The number of nitrogens with zero attached hydrogens (tertiary/aromatic N) is 1. The van der Waals surface area contributed by atoms with Crippen LogP contribution < -0.4 is 10.1 Å². The average molecular weight is 280 g/mol. The number of benzene rings is 1. The van der Waals surface area contributed by atoms with Crippen molar-refractivity contribution in [2.45, 2.75) is 32.7 Å². The molecule has 112 valence electrons. The molecule has 0 saturated carbocycles. The monoisotopic (exact) mass is 280 g/mol. The maximum Gasteiger partial charge on any atom is 0.126 e. The lowest BCUT2D eigenvalue weighted by Gasteiger charge is -2.19. The highest BCUT2D eigenvalue weighted by Crippen LogP contribution is 2.28. The van der Waals surface area contributed by atoms with E-state index in [2.05, 4.69) is 10.2 Å². The molecule has 1 aliphatic rings. The van der Waals surface area contributed by atoms with Gasteiger partial charge in [-0.25, -0.2) is 4.39 Å². The highest BCUT2D eigenvalue weighted by molar-refractivity contribution is 5.40. The Morgan fingerprint density at radius 3 is 2.70 bits per heavy atom. The van der Waals surface area contributed by atoms with E-state index in [1.807, 2.05) is 20.0 Å². The summed E-state index contributed by atoms with van der Waals surface area (Å²) in [7, 11) is 1.87.